The molecule has 0 unspecified atom stereocenters. The van der Waals surface area contributed by atoms with Gasteiger partial charge in [-0.1, -0.05) is 34.6 Å². The van der Waals surface area contributed by atoms with Crippen LogP contribution in [-0.2, 0) is 0 Å². The third-order valence-electron chi connectivity index (χ3n) is 2.03. The van der Waals surface area contributed by atoms with Gasteiger partial charge in [0.15, 0.2) is 0 Å². The van der Waals surface area contributed by atoms with Gasteiger partial charge >= 0.3 is 0 Å². The van der Waals surface area contributed by atoms with Gasteiger partial charge in [-0.25, -0.2) is 0 Å². The van der Waals surface area contributed by atoms with Crippen molar-refractivity contribution in [1.29, 1.82) is 0 Å². The lowest BCUT2D eigenvalue weighted by Crippen LogP contribution is -1.99. The molecule has 0 saturated heterocycles. The first-order valence-electron chi connectivity index (χ1n) is 4.56. The largest absolute Gasteiger partial charge is 0.411 e. The number of allylic oxidation sites excluding steroid dienone is 4. The smallest absolute Gasteiger partial charge is 0.0645 e. The highest BCUT2D eigenvalue weighted by Crippen LogP contribution is 2.04. The monoisotopic (exact) mass is 194 g/mol. The summed E-state index contributed by atoms with van der Waals surface area (Å²) in [6.45, 7) is 0. The second kappa shape index (κ2) is 5.96. The summed E-state index contributed by atoms with van der Waals surface area (Å²) in [7, 11) is 0. The summed E-state index contributed by atoms with van der Waals surface area (Å²) in [5, 5.41) is 23.6. The van der Waals surface area contributed by atoms with Crippen LogP contribution in [0.5, 0.6) is 0 Å². The molecule has 0 bridgehead atoms. The Morgan fingerprint density at radius 3 is 1.21 bits per heavy atom. The highest BCUT2D eigenvalue weighted by molar-refractivity contribution is 5.89. The number of oxime groups is 2. The Hall–Kier alpha value is -1.58. The minimum Gasteiger partial charge on any atom is -0.411 e. The van der Waals surface area contributed by atoms with Crippen LogP contribution in [0.25, 0.3) is 0 Å². The van der Waals surface area contributed by atoms with Gasteiger partial charge in [0.25, 0.3) is 0 Å². The SMILES string of the molecule is ON=C1CC=CCC(=NO)CC=CC1. The first kappa shape index (κ1) is 10.5. The van der Waals surface area contributed by atoms with Crippen LogP contribution in [0.1, 0.15) is 25.7 Å². The molecule has 1 aliphatic rings. The summed E-state index contributed by atoms with van der Waals surface area (Å²) < 4.78 is 0. The minimum absolute atomic E-state index is 0.638. The van der Waals surface area contributed by atoms with Gasteiger partial charge in [-0.3, -0.25) is 0 Å². The first-order valence-corrected chi connectivity index (χ1v) is 4.56. The maximum absolute atomic E-state index is 8.62. The molecule has 0 aromatic heterocycles. The average molecular weight is 194 g/mol. The van der Waals surface area contributed by atoms with Crippen molar-refractivity contribution >= 4 is 11.4 Å². The zero-order valence-electron chi connectivity index (χ0n) is 7.93. The minimum atomic E-state index is 0.638. The Kier molecular flexibility index (Phi) is 4.47. The molecule has 0 saturated carbocycles. The second-order valence-electron chi connectivity index (χ2n) is 3.09. The lowest BCUT2D eigenvalue weighted by molar-refractivity contribution is 0.316. The molecule has 0 radical (unpaired) electrons. The molecule has 0 spiro atoms. The molecule has 2 N–H and O–H groups in total. The van der Waals surface area contributed by atoms with Crippen LogP contribution in [0.2, 0.25) is 0 Å². The van der Waals surface area contributed by atoms with E-state index in [2.05, 4.69) is 10.3 Å². The molecule has 0 heterocycles. The molecule has 76 valence electrons. The quantitative estimate of drug-likeness (QED) is 0.353. The van der Waals surface area contributed by atoms with Crippen molar-refractivity contribution < 1.29 is 10.4 Å². The first-order chi connectivity index (χ1) is 6.86. The van der Waals surface area contributed by atoms with Crippen LogP contribution in [0, 0.1) is 0 Å². The van der Waals surface area contributed by atoms with E-state index in [9.17, 15) is 0 Å². The van der Waals surface area contributed by atoms with E-state index in [1.54, 1.807) is 0 Å². The van der Waals surface area contributed by atoms with E-state index in [4.69, 9.17) is 10.4 Å². The van der Waals surface area contributed by atoms with Crippen LogP contribution >= 0.6 is 0 Å². The van der Waals surface area contributed by atoms with E-state index < -0.39 is 0 Å². The molecule has 0 aromatic rings. The predicted molar refractivity (Wildman–Crippen MR) is 55.2 cm³/mol. The van der Waals surface area contributed by atoms with Crippen LogP contribution in [0.15, 0.2) is 34.6 Å². The van der Waals surface area contributed by atoms with Crippen molar-refractivity contribution in [3.05, 3.63) is 24.3 Å². The maximum atomic E-state index is 8.62. The zero-order valence-corrected chi connectivity index (χ0v) is 7.93. The van der Waals surface area contributed by atoms with E-state index in [1.165, 1.54) is 0 Å². The van der Waals surface area contributed by atoms with Gasteiger partial charge in [-0.15, -0.1) is 0 Å². The maximum Gasteiger partial charge on any atom is 0.0645 e. The highest BCUT2D eigenvalue weighted by atomic mass is 16.4. The fraction of sp³-hybridized carbons (Fsp3) is 0.400. The van der Waals surface area contributed by atoms with E-state index in [0.29, 0.717) is 25.7 Å². The standard InChI is InChI=1S/C10H14N2O2/c13-11-9-5-1-2-6-10(12-14)8-4-3-7-9/h1-4,13-14H,5-8H2. The molecule has 4 heteroatoms. The Morgan fingerprint density at radius 2 is 1.00 bits per heavy atom. The summed E-state index contributed by atoms with van der Waals surface area (Å²) in [5.74, 6) is 0. The van der Waals surface area contributed by atoms with Gasteiger partial charge in [-0.2, -0.15) is 0 Å². The molecule has 0 atom stereocenters. The fourth-order valence-corrected chi connectivity index (χ4v) is 1.21. The van der Waals surface area contributed by atoms with Crippen LogP contribution in [0.3, 0.4) is 0 Å². The Bertz CT molecular complexity index is 240. The van der Waals surface area contributed by atoms with Gasteiger partial charge in [0, 0.05) is 25.7 Å². The van der Waals surface area contributed by atoms with Gasteiger partial charge in [0.2, 0.25) is 0 Å². The summed E-state index contributed by atoms with van der Waals surface area (Å²) >= 11 is 0. The molecule has 0 aliphatic heterocycles. The number of nitrogens with zero attached hydrogens (tertiary/aromatic N) is 2. The summed E-state index contributed by atoms with van der Waals surface area (Å²) in [4.78, 5) is 0. The molecular weight excluding hydrogens is 180 g/mol. The third kappa shape index (κ3) is 3.43. The van der Waals surface area contributed by atoms with E-state index in [0.717, 1.165) is 11.4 Å². The van der Waals surface area contributed by atoms with E-state index in [1.807, 2.05) is 24.3 Å². The molecule has 4 nitrogen and oxygen atoms in total. The average Bonchev–Trinajstić information content (AvgIpc) is 2.25. The molecule has 0 aromatic carbocycles. The molecular formula is C10H14N2O2. The van der Waals surface area contributed by atoms with Gasteiger partial charge < -0.3 is 10.4 Å². The van der Waals surface area contributed by atoms with Crippen molar-refractivity contribution in [1.82, 2.24) is 0 Å². The summed E-state index contributed by atoms with van der Waals surface area (Å²) in [6, 6.07) is 0. The second-order valence-corrected chi connectivity index (χ2v) is 3.09. The molecule has 14 heavy (non-hydrogen) atoms. The van der Waals surface area contributed by atoms with Crippen molar-refractivity contribution in [3.63, 3.8) is 0 Å². The number of hydrogen-bond acceptors (Lipinski definition) is 4. The highest BCUT2D eigenvalue weighted by Gasteiger charge is 1.99. The van der Waals surface area contributed by atoms with Crippen molar-refractivity contribution in [2.45, 2.75) is 25.7 Å². The lowest BCUT2D eigenvalue weighted by atomic mass is 10.1. The molecule has 1 aliphatic carbocycles. The molecule has 0 amide bonds. The Balaban J connectivity index is 2.64. The summed E-state index contributed by atoms with van der Waals surface area (Å²) in [6.07, 6.45) is 10.2. The third-order valence-corrected chi connectivity index (χ3v) is 2.03. The number of hydrogen-bond donors (Lipinski definition) is 2. The van der Waals surface area contributed by atoms with Crippen molar-refractivity contribution in [3.8, 4) is 0 Å². The topological polar surface area (TPSA) is 65.2 Å². The van der Waals surface area contributed by atoms with Gasteiger partial charge in [0.1, 0.15) is 0 Å². The van der Waals surface area contributed by atoms with Crippen LogP contribution < -0.4 is 0 Å². The summed E-state index contributed by atoms with van der Waals surface area (Å²) in [5.41, 5.74) is 1.48. The molecule has 0 fully saturated rings. The van der Waals surface area contributed by atoms with Crippen LogP contribution in [-0.4, -0.2) is 21.8 Å². The molecule has 1 rings (SSSR count). The van der Waals surface area contributed by atoms with E-state index >= 15 is 0 Å². The Labute approximate surface area is 82.9 Å². The zero-order chi connectivity index (χ0) is 10.2. The Morgan fingerprint density at radius 1 is 0.714 bits per heavy atom. The van der Waals surface area contributed by atoms with Crippen molar-refractivity contribution in [2.24, 2.45) is 10.3 Å². The normalized spacial score (nSPS) is 18.0. The predicted octanol–water partition coefficient (Wildman–Crippen LogP) is 2.33. The lowest BCUT2D eigenvalue weighted by Gasteiger charge is -2.00. The number of rotatable bonds is 0. The van der Waals surface area contributed by atoms with E-state index in [-0.39, 0.29) is 0 Å². The van der Waals surface area contributed by atoms with Gasteiger partial charge in [-0.05, 0) is 0 Å². The van der Waals surface area contributed by atoms with Crippen LogP contribution in [0.4, 0.5) is 0 Å². The van der Waals surface area contributed by atoms with Crippen molar-refractivity contribution in [2.75, 3.05) is 0 Å². The fourth-order valence-electron chi connectivity index (χ4n) is 1.21. The van der Waals surface area contributed by atoms with Gasteiger partial charge in [0.05, 0.1) is 11.4 Å².